The van der Waals surface area contributed by atoms with Gasteiger partial charge in [0.25, 0.3) is 0 Å². The minimum absolute atomic E-state index is 0.493. The fraction of sp³-hybridized carbons (Fsp3) is 0. The van der Waals surface area contributed by atoms with Crippen molar-refractivity contribution in [3.8, 4) is 0 Å². The molecule has 0 unspecified atom stereocenters. The number of hydrogen-bond acceptors (Lipinski definition) is 4. The van der Waals surface area contributed by atoms with Crippen LogP contribution in [0.5, 0.6) is 0 Å². The second-order valence-electron chi connectivity index (χ2n) is 2.39. The van der Waals surface area contributed by atoms with Crippen LogP contribution in [0.2, 0.25) is 0 Å². The zero-order valence-electron chi connectivity index (χ0n) is 6.36. The van der Waals surface area contributed by atoms with Crippen molar-refractivity contribution in [2.75, 3.05) is 5.73 Å². The lowest BCUT2D eigenvalue weighted by Crippen LogP contribution is -2.32. The van der Waals surface area contributed by atoms with Crippen LogP contribution in [0.25, 0.3) is 12.3 Å². The van der Waals surface area contributed by atoms with Gasteiger partial charge < -0.3 is 11.1 Å². The molecule has 0 aliphatic carbocycles. The van der Waals surface area contributed by atoms with Crippen LogP contribution in [0.15, 0.2) is 18.6 Å². The summed E-state index contributed by atoms with van der Waals surface area (Å²) >= 11 is 0. The third-order valence-electron chi connectivity index (χ3n) is 1.62. The molecule has 2 rings (SSSR count). The Labute approximate surface area is 69.1 Å². The van der Waals surface area contributed by atoms with Crippen molar-refractivity contribution < 1.29 is 0 Å². The monoisotopic (exact) mass is 160 g/mol. The summed E-state index contributed by atoms with van der Waals surface area (Å²) in [6.45, 7) is 0. The van der Waals surface area contributed by atoms with Crippen molar-refractivity contribution in [1.29, 1.82) is 0 Å². The summed E-state index contributed by atoms with van der Waals surface area (Å²) in [5.41, 5.74) is 5.64. The molecule has 0 atom stereocenters. The van der Waals surface area contributed by atoms with E-state index >= 15 is 0 Å². The van der Waals surface area contributed by atoms with E-state index in [4.69, 9.17) is 5.73 Å². The van der Waals surface area contributed by atoms with Gasteiger partial charge >= 0.3 is 0 Å². The van der Waals surface area contributed by atoms with Gasteiger partial charge in [0.05, 0.1) is 10.6 Å². The Morgan fingerprint density at radius 3 is 3.17 bits per heavy atom. The van der Waals surface area contributed by atoms with E-state index in [1.165, 1.54) is 6.33 Å². The highest BCUT2D eigenvalue weighted by molar-refractivity contribution is 5.46. The lowest BCUT2D eigenvalue weighted by atomic mass is 10.4. The van der Waals surface area contributed by atoms with Crippen LogP contribution in [0, 0.1) is 0 Å². The maximum atomic E-state index is 5.64. The average Bonchev–Trinajstić information content (AvgIpc) is 2.30. The molecule has 0 bridgehead atoms. The van der Waals surface area contributed by atoms with Crippen LogP contribution in [-0.2, 0) is 0 Å². The highest BCUT2D eigenvalue weighted by Gasteiger charge is 1.93. The molecule has 0 saturated carbocycles. The van der Waals surface area contributed by atoms with Crippen LogP contribution in [0.1, 0.15) is 0 Å². The van der Waals surface area contributed by atoms with Crippen molar-refractivity contribution in [3.05, 3.63) is 29.2 Å². The van der Waals surface area contributed by atoms with Crippen LogP contribution < -0.4 is 21.6 Å². The van der Waals surface area contributed by atoms with Gasteiger partial charge in [0.1, 0.15) is 12.1 Å². The largest absolute Gasteiger partial charge is 0.383 e. The zero-order valence-corrected chi connectivity index (χ0v) is 6.36. The Kier molecular flexibility index (Phi) is 1.51. The Hall–Kier alpha value is -1.84. The van der Waals surface area contributed by atoms with E-state index in [1.807, 2.05) is 12.2 Å². The molecule has 4 nitrogen and oxygen atoms in total. The molecule has 1 aromatic heterocycles. The highest BCUT2D eigenvalue weighted by atomic mass is 14.9. The van der Waals surface area contributed by atoms with Crippen molar-refractivity contribution in [2.24, 2.45) is 0 Å². The second kappa shape index (κ2) is 2.65. The summed E-state index contributed by atoms with van der Waals surface area (Å²) in [6.07, 6.45) is 8.79. The molecule has 12 heavy (non-hydrogen) atoms. The lowest BCUT2D eigenvalue weighted by Gasteiger charge is -1.92. The summed E-state index contributed by atoms with van der Waals surface area (Å²) in [4.78, 5) is 7.95. The van der Waals surface area contributed by atoms with E-state index in [2.05, 4.69) is 15.3 Å². The van der Waals surface area contributed by atoms with E-state index in [0.717, 1.165) is 10.6 Å². The minimum atomic E-state index is 0.493. The zero-order chi connectivity index (χ0) is 8.39. The number of nitrogens with two attached hydrogens (primary N) is 1. The van der Waals surface area contributed by atoms with Gasteiger partial charge in [-0.3, -0.25) is 0 Å². The molecule has 60 valence electrons. The molecular weight excluding hydrogens is 152 g/mol. The maximum absolute atomic E-state index is 5.64. The minimum Gasteiger partial charge on any atom is -0.383 e. The SMILES string of the molecule is Nc1ncnc2c1=CNC=CC=2. The lowest BCUT2D eigenvalue weighted by molar-refractivity contribution is 1.10. The van der Waals surface area contributed by atoms with Crippen LogP contribution in [-0.4, -0.2) is 9.97 Å². The number of nitrogen functional groups attached to an aromatic ring is 1. The number of rotatable bonds is 0. The average molecular weight is 160 g/mol. The van der Waals surface area contributed by atoms with Gasteiger partial charge in [-0.1, -0.05) is 0 Å². The third kappa shape index (κ3) is 1.03. The molecule has 1 aliphatic heterocycles. The van der Waals surface area contributed by atoms with Gasteiger partial charge in [-0.05, 0) is 12.2 Å². The van der Waals surface area contributed by atoms with E-state index in [0.29, 0.717) is 5.82 Å². The predicted octanol–water partition coefficient (Wildman–Crippen LogP) is -1.31. The molecular formula is C8H8N4. The standard InChI is InChI=1S/C8H8N4/c9-8-6-4-10-3-1-2-7(6)11-5-12-8/h1-5,10H,(H2,9,11,12). The van der Waals surface area contributed by atoms with Crippen molar-refractivity contribution >= 4 is 18.1 Å². The Morgan fingerprint density at radius 1 is 1.33 bits per heavy atom. The topological polar surface area (TPSA) is 63.8 Å². The van der Waals surface area contributed by atoms with Gasteiger partial charge in [-0.2, -0.15) is 0 Å². The van der Waals surface area contributed by atoms with Crippen molar-refractivity contribution in [2.45, 2.75) is 0 Å². The Bertz CT molecular complexity index is 433. The Morgan fingerprint density at radius 2 is 2.25 bits per heavy atom. The molecule has 3 N–H and O–H groups in total. The second-order valence-corrected chi connectivity index (χ2v) is 2.39. The molecule has 0 fully saturated rings. The van der Waals surface area contributed by atoms with Crippen molar-refractivity contribution in [1.82, 2.24) is 15.3 Å². The number of nitrogens with one attached hydrogen (secondary N) is 1. The number of anilines is 1. The fourth-order valence-electron chi connectivity index (χ4n) is 1.03. The first kappa shape index (κ1) is 6.84. The summed E-state index contributed by atoms with van der Waals surface area (Å²) in [7, 11) is 0. The molecule has 0 saturated heterocycles. The highest BCUT2D eigenvalue weighted by Crippen LogP contribution is 1.80. The number of allylic oxidation sites excluding steroid dienone is 1. The molecule has 1 aromatic rings. The molecule has 0 amide bonds. The maximum Gasteiger partial charge on any atom is 0.136 e. The van der Waals surface area contributed by atoms with Gasteiger partial charge in [0, 0.05) is 12.4 Å². The van der Waals surface area contributed by atoms with Crippen LogP contribution >= 0.6 is 0 Å². The van der Waals surface area contributed by atoms with Gasteiger partial charge in [-0.25, -0.2) is 9.97 Å². The van der Waals surface area contributed by atoms with Crippen molar-refractivity contribution in [3.63, 3.8) is 0 Å². The predicted molar refractivity (Wildman–Crippen MR) is 46.9 cm³/mol. The van der Waals surface area contributed by atoms with E-state index in [1.54, 1.807) is 12.4 Å². The smallest absolute Gasteiger partial charge is 0.136 e. The fourth-order valence-corrected chi connectivity index (χ4v) is 1.03. The molecule has 0 aromatic carbocycles. The number of fused-ring (bicyclic) bond motifs is 1. The molecule has 0 spiro atoms. The number of nitrogens with zero attached hydrogens (tertiary/aromatic N) is 2. The molecule has 1 aliphatic rings. The van der Waals surface area contributed by atoms with E-state index in [-0.39, 0.29) is 0 Å². The summed E-state index contributed by atoms with van der Waals surface area (Å²) < 4.78 is 0. The molecule has 0 radical (unpaired) electrons. The normalized spacial score (nSPS) is 13.3. The first-order chi connectivity index (χ1) is 5.88. The quantitative estimate of drug-likeness (QED) is 0.495. The summed E-state index contributed by atoms with van der Waals surface area (Å²) in [5, 5.41) is 4.62. The van der Waals surface area contributed by atoms with Crippen LogP contribution in [0.3, 0.4) is 0 Å². The van der Waals surface area contributed by atoms with Gasteiger partial charge in [0.2, 0.25) is 0 Å². The first-order valence-electron chi connectivity index (χ1n) is 3.57. The Balaban J connectivity index is 2.85. The third-order valence-corrected chi connectivity index (χ3v) is 1.62. The van der Waals surface area contributed by atoms with Gasteiger partial charge in [0.15, 0.2) is 0 Å². The first-order valence-corrected chi connectivity index (χ1v) is 3.57. The number of hydrogen-bond donors (Lipinski definition) is 2. The molecule has 2 heterocycles. The number of aromatic nitrogens is 2. The van der Waals surface area contributed by atoms with Gasteiger partial charge in [-0.15, -0.1) is 0 Å². The van der Waals surface area contributed by atoms with E-state index < -0.39 is 0 Å². The summed E-state index contributed by atoms with van der Waals surface area (Å²) in [5.74, 6) is 0.493. The summed E-state index contributed by atoms with van der Waals surface area (Å²) in [6, 6.07) is 0. The van der Waals surface area contributed by atoms with E-state index in [9.17, 15) is 0 Å². The van der Waals surface area contributed by atoms with Crippen LogP contribution in [0.4, 0.5) is 5.82 Å². The molecule has 4 heteroatoms.